The highest BCUT2D eigenvalue weighted by molar-refractivity contribution is 9.10. The van der Waals surface area contributed by atoms with Gasteiger partial charge in [-0.1, -0.05) is 15.9 Å². The van der Waals surface area contributed by atoms with Crippen LogP contribution in [0.25, 0.3) is 0 Å². The lowest BCUT2D eigenvalue weighted by Gasteiger charge is -2.32. The number of halogens is 1. The smallest absolute Gasteiger partial charge is 0.0440 e. The van der Waals surface area contributed by atoms with E-state index in [2.05, 4.69) is 62.7 Å². The summed E-state index contributed by atoms with van der Waals surface area (Å²) in [5.74, 6) is 0. The molecule has 0 saturated carbocycles. The predicted octanol–water partition coefficient (Wildman–Crippen LogP) is 4.35. The summed E-state index contributed by atoms with van der Waals surface area (Å²) in [6.07, 6.45) is 1.16. The summed E-state index contributed by atoms with van der Waals surface area (Å²) in [6.45, 7) is 4.35. The quantitative estimate of drug-likeness (QED) is 0.884. The van der Waals surface area contributed by atoms with E-state index in [0.717, 1.165) is 24.0 Å². The van der Waals surface area contributed by atoms with E-state index in [-0.39, 0.29) is 0 Å². The van der Waals surface area contributed by atoms with Gasteiger partial charge in [-0.05, 0) is 61.2 Å². The Hall–Kier alpha value is -0.840. The highest BCUT2D eigenvalue weighted by atomic mass is 79.9. The van der Waals surface area contributed by atoms with Crippen molar-refractivity contribution in [1.29, 1.82) is 0 Å². The summed E-state index contributed by atoms with van der Waals surface area (Å²) < 4.78 is 1.14. The molecule has 0 fully saturated rings. The van der Waals surface area contributed by atoms with Crippen LogP contribution in [0, 0.1) is 0 Å². The van der Waals surface area contributed by atoms with Gasteiger partial charge in [-0.15, -0.1) is 11.3 Å². The van der Waals surface area contributed by atoms with E-state index < -0.39 is 0 Å². The molecule has 0 spiro atoms. The highest BCUT2D eigenvalue weighted by Gasteiger charge is 2.21. The molecule has 106 valence electrons. The molecule has 0 aliphatic carbocycles. The van der Waals surface area contributed by atoms with Crippen LogP contribution < -0.4 is 10.2 Å². The summed E-state index contributed by atoms with van der Waals surface area (Å²) in [7, 11) is 2.02. The van der Waals surface area contributed by atoms with E-state index in [9.17, 15) is 0 Å². The molecule has 1 aliphatic heterocycles. The minimum atomic E-state index is 0.353. The van der Waals surface area contributed by atoms with Crippen LogP contribution >= 0.6 is 27.3 Å². The van der Waals surface area contributed by atoms with Crippen molar-refractivity contribution in [1.82, 2.24) is 5.32 Å². The average molecular weight is 351 g/mol. The summed E-state index contributed by atoms with van der Waals surface area (Å²) in [6, 6.07) is 9.24. The molecule has 3 rings (SSSR count). The van der Waals surface area contributed by atoms with Crippen LogP contribution in [-0.2, 0) is 13.0 Å². The molecular formula is C16H19BrN2S. The maximum Gasteiger partial charge on any atom is 0.0440 e. The Morgan fingerprint density at radius 2 is 2.20 bits per heavy atom. The standard InChI is InChI=1S/C16H19BrN2S/c1-11(18-2)14-9-13(17)3-4-15(14)19-7-5-16-12(10-19)6-8-20-16/h3-4,6,8-9,11,18H,5,7,10H2,1-2H3. The number of benzene rings is 1. The number of nitrogens with one attached hydrogen (secondary N) is 1. The molecule has 0 radical (unpaired) electrons. The van der Waals surface area contributed by atoms with Crippen LogP contribution in [0.5, 0.6) is 0 Å². The molecule has 1 atom stereocenters. The lowest BCUT2D eigenvalue weighted by atomic mass is 10.0. The highest BCUT2D eigenvalue weighted by Crippen LogP contribution is 2.33. The third kappa shape index (κ3) is 2.65. The van der Waals surface area contributed by atoms with Crippen LogP contribution in [0.2, 0.25) is 0 Å². The summed E-state index contributed by atoms with van der Waals surface area (Å²) in [5, 5.41) is 5.57. The summed E-state index contributed by atoms with van der Waals surface area (Å²) in [4.78, 5) is 4.06. The first kappa shape index (κ1) is 14.1. The molecular weight excluding hydrogens is 332 g/mol. The molecule has 0 amide bonds. The number of thiophene rings is 1. The summed E-state index contributed by atoms with van der Waals surface area (Å²) in [5.41, 5.74) is 4.21. The molecule has 20 heavy (non-hydrogen) atoms. The van der Waals surface area contributed by atoms with Gasteiger partial charge >= 0.3 is 0 Å². The minimum absolute atomic E-state index is 0.353. The van der Waals surface area contributed by atoms with Crippen LogP contribution in [0.15, 0.2) is 34.1 Å². The zero-order chi connectivity index (χ0) is 14.1. The van der Waals surface area contributed by atoms with Gasteiger partial charge in [0.1, 0.15) is 0 Å². The van der Waals surface area contributed by atoms with Gasteiger partial charge in [0, 0.05) is 34.2 Å². The number of nitrogens with zero attached hydrogens (tertiary/aromatic N) is 1. The zero-order valence-electron chi connectivity index (χ0n) is 11.8. The molecule has 1 unspecified atom stereocenters. The SMILES string of the molecule is CNC(C)c1cc(Br)ccc1N1CCc2sccc2C1. The van der Waals surface area contributed by atoms with Gasteiger partial charge in [0.05, 0.1) is 0 Å². The topological polar surface area (TPSA) is 15.3 Å². The molecule has 0 saturated heterocycles. The Balaban J connectivity index is 1.95. The van der Waals surface area contributed by atoms with Crippen molar-refractivity contribution in [3.8, 4) is 0 Å². The fraction of sp³-hybridized carbons (Fsp3) is 0.375. The molecule has 2 aromatic rings. The average Bonchev–Trinajstić information content (AvgIpc) is 2.93. The van der Waals surface area contributed by atoms with Gasteiger partial charge in [-0.25, -0.2) is 0 Å². The van der Waals surface area contributed by atoms with Crippen molar-refractivity contribution >= 4 is 33.0 Å². The second-order valence-electron chi connectivity index (χ2n) is 5.25. The number of fused-ring (bicyclic) bond motifs is 1. The largest absolute Gasteiger partial charge is 0.367 e. The van der Waals surface area contributed by atoms with Gasteiger partial charge in [0.15, 0.2) is 0 Å². The van der Waals surface area contributed by atoms with E-state index in [0.29, 0.717) is 6.04 Å². The second kappa shape index (κ2) is 5.88. The van der Waals surface area contributed by atoms with E-state index in [4.69, 9.17) is 0 Å². The van der Waals surface area contributed by atoms with Gasteiger partial charge < -0.3 is 10.2 Å². The van der Waals surface area contributed by atoms with E-state index in [1.165, 1.54) is 16.8 Å². The lowest BCUT2D eigenvalue weighted by Crippen LogP contribution is -2.31. The molecule has 1 N–H and O–H groups in total. The number of rotatable bonds is 3. The fourth-order valence-corrected chi connectivity index (χ4v) is 4.04. The normalized spacial score (nSPS) is 16.1. The second-order valence-corrected chi connectivity index (χ2v) is 7.17. The van der Waals surface area contributed by atoms with Gasteiger partial charge in [-0.3, -0.25) is 0 Å². The Labute approximate surface area is 132 Å². The Bertz CT molecular complexity index is 608. The summed E-state index contributed by atoms with van der Waals surface area (Å²) >= 11 is 5.49. The van der Waals surface area contributed by atoms with E-state index >= 15 is 0 Å². The third-order valence-corrected chi connectivity index (χ3v) is 5.55. The first-order valence-corrected chi connectivity index (χ1v) is 8.63. The molecule has 2 heterocycles. The maximum absolute atomic E-state index is 3.59. The monoisotopic (exact) mass is 350 g/mol. The molecule has 4 heteroatoms. The number of hydrogen-bond acceptors (Lipinski definition) is 3. The molecule has 1 aliphatic rings. The first-order chi connectivity index (χ1) is 9.69. The zero-order valence-corrected chi connectivity index (χ0v) is 14.2. The molecule has 1 aromatic heterocycles. The van der Waals surface area contributed by atoms with Crippen molar-refractivity contribution in [2.75, 3.05) is 18.5 Å². The molecule has 1 aromatic carbocycles. The number of hydrogen-bond donors (Lipinski definition) is 1. The van der Waals surface area contributed by atoms with Gasteiger partial charge in [-0.2, -0.15) is 0 Å². The van der Waals surface area contributed by atoms with Crippen LogP contribution in [0.3, 0.4) is 0 Å². The van der Waals surface area contributed by atoms with E-state index in [1.807, 2.05) is 18.4 Å². The lowest BCUT2D eigenvalue weighted by molar-refractivity contribution is 0.642. The van der Waals surface area contributed by atoms with Gasteiger partial charge in [0.2, 0.25) is 0 Å². The predicted molar refractivity (Wildman–Crippen MR) is 90.7 cm³/mol. The van der Waals surface area contributed by atoms with Crippen molar-refractivity contribution < 1.29 is 0 Å². The third-order valence-electron chi connectivity index (χ3n) is 4.04. The van der Waals surface area contributed by atoms with Crippen LogP contribution in [0.4, 0.5) is 5.69 Å². The Morgan fingerprint density at radius 1 is 1.35 bits per heavy atom. The van der Waals surface area contributed by atoms with Gasteiger partial charge in [0.25, 0.3) is 0 Å². The van der Waals surface area contributed by atoms with Crippen LogP contribution in [-0.4, -0.2) is 13.6 Å². The molecule has 2 nitrogen and oxygen atoms in total. The minimum Gasteiger partial charge on any atom is -0.367 e. The first-order valence-electron chi connectivity index (χ1n) is 6.96. The van der Waals surface area contributed by atoms with Crippen molar-refractivity contribution in [2.24, 2.45) is 0 Å². The number of anilines is 1. The maximum atomic E-state index is 3.59. The Morgan fingerprint density at radius 3 is 3.00 bits per heavy atom. The van der Waals surface area contributed by atoms with Crippen LogP contribution in [0.1, 0.15) is 29.0 Å². The fourth-order valence-electron chi connectivity index (χ4n) is 2.77. The van der Waals surface area contributed by atoms with Crippen molar-refractivity contribution in [2.45, 2.75) is 25.9 Å². The van der Waals surface area contributed by atoms with Crippen molar-refractivity contribution in [3.05, 3.63) is 50.1 Å². The molecule has 0 bridgehead atoms. The Kier molecular flexibility index (Phi) is 4.15. The van der Waals surface area contributed by atoms with E-state index in [1.54, 1.807) is 4.88 Å². The van der Waals surface area contributed by atoms with Crippen molar-refractivity contribution in [3.63, 3.8) is 0 Å².